The van der Waals surface area contributed by atoms with E-state index in [9.17, 15) is 19.5 Å². The van der Waals surface area contributed by atoms with Crippen molar-refractivity contribution in [3.63, 3.8) is 0 Å². The molecule has 2 saturated heterocycles. The number of nitrogens with one attached hydrogen (secondary N) is 2. The predicted molar refractivity (Wildman–Crippen MR) is 343 cm³/mol. The van der Waals surface area contributed by atoms with Crippen molar-refractivity contribution in [1.29, 1.82) is 0 Å². The van der Waals surface area contributed by atoms with Gasteiger partial charge in [0.05, 0.1) is 11.6 Å². The highest BCUT2D eigenvalue weighted by Gasteiger charge is 2.48. The number of hydrogen-bond acceptors (Lipinski definition) is 12. The van der Waals surface area contributed by atoms with Crippen LogP contribution in [0.2, 0.25) is 0 Å². The molecular formula is C70H98N8O11. The summed E-state index contributed by atoms with van der Waals surface area (Å²) in [6.45, 7) is 20.9. The van der Waals surface area contributed by atoms with Gasteiger partial charge in [-0.15, -0.1) is 0 Å². The maximum absolute atomic E-state index is 15.8. The van der Waals surface area contributed by atoms with Crippen LogP contribution in [0.4, 0.5) is 0 Å². The van der Waals surface area contributed by atoms with Gasteiger partial charge in [0.1, 0.15) is 30.2 Å². The first-order valence-electron chi connectivity index (χ1n) is 31.8. The number of rotatable bonds is 14. The third-order valence-electron chi connectivity index (χ3n) is 18.2. The second kappa shape index (κ2) is 30.8. The molecule has 3 aromatic carbocycles. The lowest BCUT2D eigenvalue weighted by Gasteiger charge is -2.39. The number of ether oxygens (including phenoxy) is 1. The molecule has 0 aliphatic carbocycles. The number of pyridine rings is 1. The second-order valence-corrected chi connectivity index (χ2v) is 26.6. The van der Waals surface area contributed by atoms with E-state index in [1.54, 1.807) is 66.1 Å². The van der Waals surface area contributed by atoms with Crippen LogP contribution in [0.25, 0.3) is 21.9 Å². The van der Waals surface area contributed by atoms with Crippen molar-refractivity contribution in [1.82, 2.24) is 40.1 Å². The van der Waals surface area contributed by atoms with E-state index in [1.165, 1.54) is 61.6 Å². The topological polar surface area (TPSA) is 236 Å². The van der Waals surface area contributed by atoms with E-state index >= 15 is 28.8 Å². The van der Waals surface area contributed by atoms with Gasteiger partial charge in [-0.05, 0) is 103 Å². The summed E-state index contributed by atoms with van der Waals surface area (Å²) in [6.07, 6.45) is 3.25. The van der Waals surface area contributed by atoms with Crippen molar-refractivity contribution in [3.05, 3.63) is 102 Å². The Hall–Kier alpha value is -7.54. The molecule has 7 amide bonds. The fraction of sp³-hybridized carbons (Fsp3) is 0.571. The minimum absolute atomic E-state index is 0.0143. The predicted octanol–water partition coefficient (Wildman–Crippen LogP) is 7.68. The molecule has 89 heavy (non-hydrogen) atoms. The van der Waals surface area contributed by atoms with Crippen molar-refractivity contribution >= 4 is 63.9 Å². The molecule has 3 heterocycles. The number of amides is 7. The van der Waals surface area contributed by atoms with Crippen LogP contribution >= 0.6 is 0 Å². The summed E-state index contributed by atoms with van der Waals surface area (Å²) in [5.41, 5.74) is 1.16. The van der Waals surface area contributed by atoms with Crippen molar-refractivity contribution in [2.75, 3.05) is 34.7 Å². The van der Waals surface area contributed by atoms with Gasteiger partial charge in [0, 0.05) is 83.6 Å². The first-order valence-corrected chi connectivity index (χ1v) is 31.8. The SMILES string of the molecule is CC[C@H](C)[C@@H]1NC(=O)[C@@H]2CCCN2C(=O)[C@H](Cc2cccc(-c3ccc4ccncc4c3)c2)N(C)C(=O)[C@H](Cc2ccccc2)NC(=O)[C@H](C(C)C)N(C)C(=O)[C@@H]([C@@H](C)CC)OC(=O)[C@H](C(C)(C)O)N(C)C(=O)[C@H](CC(C)C)CC(=O)[C@H](C(C)C)N(C)C1=O. The Morgan fingerprint density at radius 2 is 1.26 bits per heavy atom. The lowest BCUT2D eigenvalue weighted by atomic mass is 9.85. The first-order chi connectivity index (χ1) is 41.9. The van der Waals surface area contributed by atoms with Crippen molar-refractivity contribution in [2.45, 2.75) is 188 Å². The van der Waals surface area contributed by atoms with E-state index in [4.69, 9.17) is 4.74 Å². The number of nitrogens with zero attached hydrogens (tertiary/aromatic N) is 6. The second-order valence-electron chi connectivity index (χ2n) is 26.6. The molecule has 3 N–H and O–H groups in total. The molecule has 1 aromatic heterocycles. The quantitative estimate of drug-likeness (QED) is 0.103. The molecule has 2 aliphatic heterocycles. The number of carbonyl (C=O) groups is 9. The zero-order valence-corrected chi connectivity index (χ0v) is 55.3. The molecule has 2 fully saturated rings. The Morgan fingerprint density at radius 1 is 0.629 bits per heavy atom. The number of Topliss-reactive ketones (excluding diaryl/α,β-unsaturated/α-hetero) is 1. The number of aliphatic hydroxyl groups is 1. The van der Waals surface area contributed by atoms with Crippen LogP contribution in [0.5, 0.6) is 0 Å². The Labute approximate surface area is 527 Å². The molecule has 0 bridgehead atoms. The summed E-state index contributed by atoms with van der Waals surface area (Å²) < 4.78 is 6.16. The number of hydrogen-bond donors (Lipinski definition) is 3. The molecule has 0 radical (unpaired) electrons. The van der Waals surface area contributed by atoms with E-state index in [2.05, 4.69) is 15.6 Å². The number of fused-ring (bicyclic) bond motifs is 2. The largest absolute Gasteiger partial charge is 0.450 e. The van der Waals surface area contributed by atoms with Gasteiger partial charge >= 0.3 is 5.97 Å². The van der Waals surface area contributed by atoms with Crippen molar-refractivity contribution in [2.24, 2.45) is 35.5 Å². The molecule has 484 valence electrons. The summed E-state index contributed by atoms with van der Waals surface area (Å²) >= 11 is 0. The first kappa shape index (κ1) is 70.5. The number of esters is 1. The van der Waals surface area contributed by atoms with Gasteiger partial charge in [-0.2, -0.15) is 0 Å². The maximum Gasteiger partial charge on any atom is 0.332 e. The maximum atomic E-state index is 15.8. The van der Waals surface area contributed by atoms with Gasteiger partial charge in [0.25, 0.3) is 5.91 Å². The summed E-state index contributed by atoms with van der Waals surface area (Å²) in [7, 11) is 5.78. The fourth-order valence-electron chi connectivity index (χ4n) is 12.9. The number of aromatic nitrogens is 1. The molecule has 19 nitrogen and oxygen atoms in total. The minimum atomic E-state index is -1.96. The molecule has 0 spiro atoms. The highest BCUT2D eigenvalue weighted by molar-refractivity contribution is 5.99. The third-order valence-corrected chi connectivity index (χ3v) is 18.2. The third kappa shape index (κ3) is 17.0. The summed E-state index contributed by atoms with van der Waals surface area (Å²) in [6, 6.07) is 15.9. The Bertz CT molecular complexity index is 3160. The summed E-state index contributed by atoms with van der Waals surface area (Å²) in [5.74, 6) is -9.26. The van der Waals surface area contributed by atoms with Crippen LogP contribution < -0.4 is 10.6 Å². The van der Waals surface area contributed by atoms with Crippen molar-refractivity contribution < 1.29 is 53.0 Å². The molecular weight excluding hydrogens is 1130 g/mol. The molecule has 4 aromatic rings. The minimum Gasteiger partial charge on any atom is -0.450 e. The monoisotopic (exact) mass is 1230 g/mol. The van der Waals surface area contributed by atoms with Crippen LogP contribution in [0.15, 0.2) is 91.3 Å². The summed E-state index contributed by atoms with van der Waals surface area (Å²) in [5, 5.41) is 19.7. The number of cyclic esters (lactones) is 1. The molecule has 0 unspecified atom stereocenters. The van der Waals surface area contributed by atoms with Crippen LogP contribution in [-0.2, 0) is 60.7 Å². The highest BCUT2D eigenvalue weighted by atomic mass is 16.6. The van der Waals surface area contributed by atoms with E-state index in [0.29, 0.717) is 30.4 Å². The number of benzene rings is 3. The number of likely N-dealkylation sites (N-methyl/N-ethyl adjacent to an activating group) is 4. The zero-order valence-electron chi connectivity index (χ0n) is 55.3. The van der Waals surface area contributed by atoms with Crippen molar-refractivity contribution in [3.8, 4) is 11.1 Å². The van der Waals surface area contributed by atoms with E-state index in [-0.39, 0.29) is 44.6 Å². The van der Waals surface area contributed by atoms with Crippen LogP contribution in [0, 0.1) is 35.5 Å². The molecule has 2 aliphatic rings. The summed E-state index contributed by atoms with van der Waals surface area (Å²) in [4.78, 5) is 147. The normalized spacial score (nSPS) is 25.0. The van der Waals surface area contributed by atoms with Gasteiger partial charge in [-0.25, -0.2) is 4.79 Å². The zero-order chi connectivity index (χ0) is 65.9. The van der Waals surface area contributed by atoms with Crippen LogP contribution in [0.1, 0.15) is 133 Å². The highest BCUT2D eigenvalue weighted by Crippen LogP contribution is 2.31. The smallest absolute Gasteiger partial charge is 0.332 e. The number of ketones is 1. The standard InChI is InChI=1S/C70H98N8O11/c1-17-44(9)57-67(85)75(14)58(42(5)6)56(79)39-51(34-41(3)4)64(82)77(16)61(70(11,12)88)69(87)89-60(45(10)18-2)68(86)76(15)59(43(7)8)63(81)72-53(36-46-24-20-19-21-25-46)65(83)74(13)55(66(84)78-33-23-28-54(78)62(80)73-57)37-47-26-22-27-49(35-47)50-30-29-48-31-32-71-40-52(48)38-50/h19-22,24-27,29-32,35,38,40-45,51,53-55,57-61,88H,17-18,23,28,33-34,36-37,39H2,1-16H3,(H,72,81)(H,73,80)/t44-,45-,51+,53-,54-,55-,57-,58-,59-,60+,61+/m0/s1. The Morgan fingerprint density at radius 3 is 1.88 bits per heavy atom. The lowest BCUT2D eigenvalue weighted by Crippen LogP contribution is -2.61. The molecule has 6 rings (SSSR count). The molecule has 0 saturated carbocycles. The Balaban J connectivity index is 1.52. The van der Waals surface area contributed by atoms with E-state index in [0.717, 1.165) is 26.8 Å². The van der Waals surface area contributed by atoms with Gasteiger partial charge in [0.2, 0.25) is 35.4 Å². The lowest BCUT2D eigenvalue weighted by molar-refractivity contribution is -0.178. The van der Waals surface area contributed by atoms with Gasteiger partial charge < -0.3 is 45.0 Å². The van der Waals surface area contributed by atoms with E-state index < -0.39 is 137 Å². The van der Waals surface area contributed by atoms with Crippen LogP contribution in [0.3, 0.4) is 0 Å². The average Bonchev–Trinajstić information content (AvgIpc) is 2.39. The molecule has 11 atom stereocenters. The van der Waals surface area contributed by atoms with Gasteiger partial charge in [-0.1, -0.05) is 142 Å². The molecule has 19 heteroatoms. The average molecular weight is 1230 g/mol. The fourth-order valence-corrected chi connectivity index (χ4v) is 12.9. The van der Waals surface area contributed by atoms with E-state index in [1.807, 2.05) is 94.4 Å². The van der Waals surface area contributed by atoms with Gasteiger partial charge in [0.15, 0.2) is 17.9 Å². The Kier molecular flexibility index (Phi) is 24.4. The van der Waals surface area contributed by atoms with Gasteiger partial charge in [-0.3, -0.25) is 43.3 Å². The number of carbonyl (C=O) groups excluding carboxylic acids is 9. The van der Waals surface area contributed by atoms with Crippen LogP contribution in [-0.4, -0.2) is 176 Å².